The number of thiocarbonyl (C=S) groups is 1. The van der Waals surface area contributed by atoms with Crippen molar-refractivity contribution in [1.29, 1.82) is 0 Å². The zero-order valence-corrected chi connectivity index (χ0v) is 18.0. The lowest BCUT2D eigenvalue weighted by molar-refractivity contribution is 0.122. The molecular formula is C13H26N3O5PS3. The Hall–Kier alpha value is -0.160. The van der Waals surface area contributed by atoms with Crippen molar-refractivity contribution in [3.05, 3.63) is 0 Å². The van der Waals surface area contributed by atoms with Crippen LogP contribution in [0.3, 0.4) is 0 Å². The van der Waals surface area contributed by atoms with Gasteiger partial charge in [0.15, 0.2) is 0 Å². The summed E-state index contributed by atoms with van der Waals surface area (Å²) < 4.78 is 25.2. The molecule has 12 heteroatoms. The molecule has 0 bridgehead atoms. The molecule has 0 aromatic carbocycles. The number of hydrogen-bond acceptors (Lipinski definition) is 7. The monoisotopic (exact) mass is 431 g/mol. The summed E-state index contributed by atoms with van der Waals surface area (Å²) in [4.78, 5) is 16.8. The highest BCUT2D eigenvalue weighted by Gasteiger charge is 2.38. The lowest BCUT2D eigenvalue weighted by Crippen LogP contribution is -2.42. The Bertz CT molecular complexity index is 523. The third kappa shape index (κ3) is 7.16. The van der Waals surface area contributed by atoms with E-state index in [1.807, 2.05) is 6.92 Å². The van der Waals surface area contributed by atoms with Crippen molar-refractivity contribution < 1.29 is 22.9 Å². The molecule has 0 aromatic heterocycles. The fraction of sp³-hybridized carbons (Fsp3) is 0.846. The molecule has 1 aliphatic carbocycles. The molecule has 25 heavy (non-hydrogen) atoms. The van der Waals surface area contributed by atoms with Gasteiger partial charge >= 0.3 is 6.09 Å². The Labute approximate surface area is 162 Å². The topological polar surface area (TPSA) is 89.1 Å². The van der Waals surface area contributed by atoms with Gasteiger partial charge in [-0.15, -0.1) is 4.08 Å². The molecule has 1 atom stereocenters. The first-order valence-corrected chi connectivity index (χ1v) is 12.3. The minimum Gasteiger partial charge on any atom is -0.324 e. The molecule has 1 unspecified atom stereocenters. The first-order chi connectivity index (χ1) is 11.9. The summed E-state index contributed by atoms with van der Waals surface area (Å²) in [6.07, 6.45) is 4.74. The average Bonchev–Trinajstić information content (AvgIpc) is 2.65. The fourth-order valence-corrected chi connectivity index (χ4v) is 7.01. The van der Waals surface area contributed by atoms with Gasteiger partial charge in [0.1, 0.15) is 21.9 Å². The van der Waals surface area contributed by atoms with Crippen LogP contribution in [0.4, 0.5) is 4.79 Å². The summed E-state index contributed by atoms with van der Waals surface area (Å²) in [6.45, 7) is -1.04. The third-order valence-corrected chi connectivity index (χ3v) is 9.85. The van der Waals surface area contributed by atoms with Gasteiger partial charge in [0.2, 0.25) is 0 Å². The van der Waals surface area contributed by atoms with Gasteiger partial charge in [0, 0.05) is 20.3 Å². The van der Waals surface area contributed by atoms with Crippen molar-refractivity contribution in [2.24, 2.45) is 0 Å². The van der Waals surface area contributed by atoms with Crippen LogP contribution in [-0.4, -0.2) is 45.5 Å². The number of carbonyl (C=O) groups excluding carboxylic acids is 1. The summed E-state index contributed by atoms with van der Waals surface area (Å²) in [5.74, 6) is -0.152. The van der Waals surface area contributed by atoms with E-state index >= 15 is 0 Å². The van der Waals surface area contributed by atoms with Crippen LogP contribution in [0, 0.1) is 0 Å². The van der Waals surface area contributed by atoms with Crippen molar-refractivity contribution in [1.82, 2.24) is 14.9 Å². The standard InChI is InChI=1S/C13H26N3O5PS3/c1-4-12(23)15-21-13(17)14-10-25(18)16(22(24,19-2)20-3)11-8-6-5-7-9-11/h11H,4-10H2,1-3H3,(H,14,17)(H,15,23). The van der Waals surface area contributed by atoms with E-state index in [1.165, 1.54) is 14.2 Å². The molecule has 2 N–H and O–H groups in total. The molecule has 0 aliphatic heterocycles. The van der Waals surface area contributed by atoms with E-state index in [1.54, 1.807) is 4.08 Å². The number of nitrogens with one attached hydrogen (secondary N) is 2. The summed E-state index contributed by atoms with van der Waals surface area (Å²) >= 11 is 10.4. The van der Waals surface area contributed by atoms with Crippen LogP contribution in [0.1, 0.15) is 45.4 Å². The maximum atomic E-state index is 12.8. The second kappa shape index (κ2) is 11.5. The van der Waals surface area contributed by atoms with Crippen molar-refractivity contribution in [2.75, 3.05) is 20.1 Å². The Morgan fingerprint density at radius 1 is 1.28 bits per heavy atom. The third-order valence-electron chi connectivity index (χ3n) is 3.72. The molecule has 1 fully saturated rings. The quantitative estimate of drug-likeness (QED) is 0.345. The van der Waals surface area contributed by atoms with Gasteiger partial charge in [-0.05, 0) is 31.1 Å². The van der Waals surface area contributed by atoms with Crippen LogP contribution in [0.2, 0.25) is 0 Å². The largest absolute Gasteiger partial charge is 0.432 e. The maximum absolute atomic E-state index is 12.8. The molecule has 0 heterocycles. The highest BCUT2D eigenvalue weighted by molar-refractivity contribution is 8.12. The lowest BCUT2D eigenvalue weighted by atomic mass is 9.96. The summed E-state index contributed by atoms with van der Waals surface area (Å²) in [5.41, 5.74) is 2.34. The molecule has 1 aliphatic rings. The second-order valence-electron chi connectivity index (χ2n) is 5.34. The maximum Gasteiger partial charge on any atom is 0.432 e. The Balaban J connectivity index is 2.71. The molecule has 1 amide bonds. The van der Waals surface area contributed by atoms with Crippen LogP contribution in [0.15, 0.2) is 0 Å². The number of carbonyl (C=O) groups is 1. The summed E-state index contributed by atoms with van der Waals surface area (Å²) in [6, 6.07) is 0.00364. The van der Waals surface area contributed by atoms with Crippen LogP contribution in [-0.2, 0) is 36.7 Å². The van der Waals surface area contributed by atoms with Crippen molar-refractivity contribution in [2.45, 2.75) is 51.5 Å². The highest BCUT2D eigenvalue weighted by atomic mass is 32.5. The van der Waals surface area contributed by atoms with Gasteiger partial charge in [-0.3, -0.25) is 0 Å². The van der Waals surface area contributed by atoms with Gasteiger partial charge in [0.05, 0.1) is 0 Å². The van der Waals surface area contributed by atoms with E-state index in [9.17, 15) is 9.00 Å². The Kier molecular flexibility index (Phi) is 10.6. The first-order valence-electron chi connectivity index (χ1n) is 8.01. The van der Waals surface area contributed by atoms with Crippen molar-refractivity contribution in [3.63, 3.8) is 0 Å². The average molecular weight is 432 g/mol. The zero-order chi connectivity index (χ0) is 18.9. The van der Waals surface area contributed by atoms with Gasteiger partial charge in [-0.25, -0.2) is 14.5 Å². The second-order valence-corrected chi connectivity index (χ2v) is 10.9. The number of rotatable bonds is 8. The van der Waals surface area contributed by atoms with Crippen LogP contribution < -0.4 is 10.8 Å². The minimum atomic E-state index is -2.87. The normalized spacial score (nSPS) is 17.1. The van der Waals surface area contributed by atoms with Gasteiger partial charge in [-0.2, -0.15) is 0 Å². The van der Waals surface area contributed by atoms with Crippen LogP contribution in [0.25, 0.3) is 0 Å². The van der Waals surface area contributed by atoms with E-state index in [2.05, 4.69) is 10.8 Å². The SMILES string of the molecule is CCC(=S)NOC(=O)NCS(=O)N(C1CCCCC1)P(=S)(OC)OC. The molecule has 146 valence electrons. The van der Waals surface area contributed by atoms with Crippen LogP contribution in [0.5, 0.6) is 0 Å². The predicted molar refractivity (Wildman–Crippen MR) is 106 cm³/mol. The molecule has 8 nitrogen and oxygen atoms in total. The molecule has 1 saturated carbocycles. The number of hydrogen-bond donors (Lipinski definition) is 2. The summed E-state index contributed by atoms with van der Waals surface area (Å²) in [7, 11) is 1.30. The molecule has 0 saturated heterocycles. The highest BCUT2D eigenvalue weighted by Crippen LogP contribution is 2.54. The van der Waals surface area contributed by atoms with Crippen LogP contribution >= 0.6 is 18.9 Å². The molecule has 1 rings (SSSR count). The Morgan fingerprint density at radius 2 is 1.88 bits per heavy atom. The first kappa shape index (κ1) is 22.9. The van der Waals surface area contributed by atoms with E-state index < -0.39 is 23.7 Å². The van der Waals surface area contributed by atoms with Gasteiger partial charge in [0.25, 0.3) is 6.64 Å². The predicted octanol–water partition coefficient (Wildman–Crippen LogP) is 2.73. The number of amides is 1. The number of hydroxylamine groups is 1. The Morgan fingerprint density at radius 3 is 2.40 bits per heavy atom. The van der Waals surface area contributed by atoms with E-state index in [4.69, 9.17) is 37.9 Å². The molecular weight excluding hydrogens is 405 g/mol. The molecule has 0 radical (unpaired) electrons. The number of nitrogens with zero attached hydrogens (tertiary/aromatic N) is 1. The lowest BCUT2D eigenvalue weighted by Gasteiger charge is -2.38. The van der Waals surface area contributed by atoms with Crippen molar-refractivity contribution >= 4 is 52.7 Å². The van der Waals surface area contributed by atoms with Gasteiger partial charge in [-0.1, -0.05) is 38.4 Å². The molecule has 0 aromatic rings. The van der Waals surface area contributed by atoms with E-state index in [-0.39, 0.29) is 11.9 Å². The van der Waals surface area contributed by atoms with E-state index in [0.29, 0.717) is 11.4 Å². The van der Waals surface area contributed by atoms with Crippen molar-refractivity contribution in [3.8, 4) is 0 Å². The smallest absolute Gasteiger partial charge is 0.324 e. The summed E-state index contributed by atoms with van der Waals surface area (Å²) in [5, 5.41) is 2.44. The minimum absolute atomic E-state index is 0.00364. The van der Waals surface area contributed by atoms with Gasteiger partial charge < -0.3 is 19.2 Å². The molecule has 0 spiro atoms. The fourth-order valence-electron chi connectivity index (χ4n) is 2.41. The van der Waals surface area contributed by atoms with E-state index in [0.717, 1.165) is 32.1 Å². The zero-order valence-electron chi connectivity index (χ0n) is 14.7.